The second kappa shape index (κ2) is 4.34. The Bertz CT molecular complexity index is 686. The van der Waals surface area contributed by atoms with Crippen LogP contribution in [0.4, 0.5) is 5.82 Å². The Morgan fingerprint density at radius 3 is 2.94 bits per heavy atom. The fourth-order valence-electron chi connectivity index (χ4n) is 1.80. The van der Waals surface area contributed by atoms with Crippen LogP contribution in [-0.2, 0) is 6.54 Å². The predicted molar refractivity (Wildman–Crippen MR) is 70.6 cm³/mol. The van der Waals surface area contributed by atoms with Crippen molar-refractivity contribution in [1.82, 2.24) is 24.9 Å². The Morgan fingerprint density at radius 1 is 1.28 bits per heavy atom. The SMILES string of the molecule is Cc1nc(CNc2ncnc3nc[nH]c23)c(C)s1. The van der Waals surface area contributed by atoms with E-state index in [9.17, 15) is 0 Å². The summed E-state index contributed by atoms with van der Waals surface area (Å²) in [5.41, 5.74) is 2.55. The summed E-state index contributed by atoms with van der Waals surface area (Å²) in [5.74, 6) is 0.752. The minimum absolute atomic E-state index is 0.654. The third kappa shape index (κ3) is 1.92. The number of H-pyrrole nitrogens is 1. The maximum atomic E-state index is 4.48. The van der Waals surface area contributed by atoms with E-state index in [0.717, 1.165) is 22.0 Å². The summed E-state index contributed by atoms with van der Waals surface area (Å²) in [5, 5.41) is 4.35. The highest BCUT2D eigenvalue weighted by Crippen LogP contribution is 2.19. The van der Waals surface area contributed by atoms with Crippen molar-refractivity contribution < 1.29 is 0 Å². The molecular formula is C11H12N6S. The first-order valence-corrected chi connectivity index (χ1v) is 6.36. The van der Waals surface area contributed by atoms with E-state index in [1.165, 1.54) is 11.2 Å². The number of rotatable bonds is 3. The smallest absolute Gasteiger partial charge is 0.182 e. The van der Waals surface area contributed by atoms with Gasteiger partial charge in [-0.1, -0.05) is 0 Å². The van der Waals surface area contributed by atoms with Gasteiger partial charge >= 0.3 is 0 Å². The van der Waals surface area contributed by atoms with Gasteiger partial charge in [0, 0.05) is 4.88 Å². The molecule has 7 heteroatoms. The molecule has 0 fully saturated rings. The van der Waals surface area contributed by atoms with E-state index in [1.54, 1.807) is 17.7 Å². The molecule has 2 N–H and O–H groups in total. The first-order valence-electron chi connectivity index (χ1n) is 5.55. The van der Waals surface area contributed by atoms with Gasteiger partial charge in [0.1, 0.15) is 11.8 Å². The summed E-state index contributed by atoms with van der Waals surface area (Å²) in [6, 6.07) is 0. The van der Waals surface area contributed by atoms with Gasteiger partial charge in [-0.15, -0.1) is 11.3 Å². The molecular weight excluding hydrogens is 248 g/mol. The van der Waals surface area contributed by atoms with Crippen LogP contribution in [0.15, 0.2) is 12.7 Å². The average Bonchev–Trinajstić information content (AvgIpc) is 2.93. The van der Waals surface area contributed by atoms with Crippen LogP contribution in [0, 0.1) is 13.8 Å². The van der Waals surface area contributed by atoms with Crippen LogP contribution in [0.2, 0.25) is 0 Å². The molecule has 3 aromatic rings. The summed E-state index contributed by atoms with van der Waals surface area (Å²) < 4.78 is 0. The van der Waals surface area contributed by atoms with E-state index in [4.69, 9.17) is 0 Å². The quantitative estimate of drug-likeness (QED) is 0.753. The second-order valence-corrected chi connectivity index (χ2v) is 5.32. The largest absolute Gasteiger partial charge is 0.362 e. The minimum atomic E-state index is 0.654. The van der Waals surface area contributed by atoms with Crippen molar-refractivity contribution in [1.29, 1.82) is 0 Å². The van der Waals surface area contributed by atoms with E-state index in [2.05, 4.69) is 37.2 Å². The number of anilines is 1. The number of thiazole rings is 1. The maximum absolute atomic E-state index is 4.48. The molecule has 0 atom stereocenters. The minimum Gasteiger partial charge on any atom is -0.362 e. The number of aryl methyl sites for hydroxylation is 2. The monoisotopic (exact) mass is 260 g/mol. The third-order valence-corrected chi connectivity index (χ3v) is 3.57. The third-order valence-electron chi connectivity index (χ3n) is 2.65. The molecule has 3 rings (SSSR count). The molecule has 0 unspecified atom stereocenters. The summed E-state index contributed by atoms with van der Waals surface area (Å²) in [7, 11) is 0. The van der Waals surface area contributed by atoms with Gasteiger partial charge in [-0.3, -0.25) is 0 Å². The molecule has 0 aromatic carbocycles. The number of hydrogen-bond donors (Lipinski definition) is 2. The van der Waals surface area contributed by atoms with Crippen LogP contribution in [-0.4, -0.2) is 24.9 Å². The number of hydrogen-bond acceptors (Lipinski definition) is 6. The van der Waals surface area contributed by atoms with Crippen LogP contribution in [0.25, 0.3) is 11.2 Å². The van der Waals surface area contributed by atoms with E-state index < -0.39 is 0 Å². The lowest BCUT2D eigenvalue weighted by Crippen LogP contribution is -2.04. The molecule has 0 spiro atoms. The molecule has 0 aliphatic rings. The zero-order valence-corrected chi connectivity index (χ0v) is 10.9. The van der Waals surface area contributed by atoms with Crippen molar-refractivity contribution in [3.63, 3.8) is 0 Å². The van der Waals surface area contributed by atoms with Gasteiger partial charge in [-0.05, 0) is 13.8 Å². The number of nitrogens with zero attached hydrogens (tertiary/aromatic N) is 4. The zero-order chi connectivity index (χ0) is 12.5. The number of aromatic nitrogens is 5. The van der Waals surface area contributed by atoms with Crippen LogP contribution in [0.5, 0.6) is 0 Å². The first kappa shape index (κ1) is 11.1. The molecule has 0 amide bonds. The Morgan fingerprint density at radius 2 is 2.17 bits per heavy atom. The summed E-state index contributed by atoms with van der Waals surface area (Å²) in [6.07, 6.45) is 3.12. The highest BCUT2D eigenvalue weighted by atomic mass is 32.1. The van der Waals surface area contributed by atoms with Crippen molar-refractivity contribution in [3.05, 3.63) is 28.2 Å². The van der Waals surface area contributed by atoms with E-state index in [1.807, 2.05) is 6.92 Å². The average molecular weight is 260 g/mol. The molecule has 0 aliphatic heterocycles. The molecule has 6 nitrogen and oxygen atoms in total. The fraction of sp³-hybridized carbons (Fsp3) is 0.273. The topological polar surface area (TPSA) is 79.4 Å². The normalized spacial score (nSPS) is 11.0. The lowest BCUT2D eigenvalue weighted by atomic mass is 10.3. The summed E-state index contributed by atoms with van der Waals surface area (Å²) in [6.45, 7) is 4.74. The molecule has 92 valence electrons. The van der Waals surface area contributed by atoms with E-state index >= 15 is 0 Å². The molecule has 0 radical (unpaired) electrons. The van der Waals surface area contributed by atoms with Crippen molar-refractivity contribution in [3.8, 4) is 0 Å². The van der Waals surface area contributed by atoms with Gasteiger partial charge < -0.3 is 10.3 Å². The van der Waals surface area contributed by atoms with Crippen LogP contribution in [0.3, 0.4) is 0 Å². The molecule has 0 aliphatic carbocycles. The molecule has 3 aromatic heterocycles. The number of nitrogens with one attached hydrogen (secondary N) is 2. The molecule has 18 heavy (non-hydrogen) atoms. The van der Waals surface area contributed by atoms with Crippen molar-refractivity contribution >= 4 is 28.3 Å². The Kier molecular flexibility index (Phi) is 2.67. The van der Waals surface area contributed by atoms with Gasteiger partial charge in [-0.2, -0.15) is 0 Å². The fourth-order valence-corrected chi connectivity index (χ4v) is 2.64. The van der Waals surface area contributed by atoms with Gasteiger partial charge in [0.15, 0.2) is 11.5 Å². The maximum Gasteiger partial charge on any atom is 0.182 e. The van der Waals surface area contributed by atoms with Crippen molar-refractivity contribution in [2.75, 3.05) is 5.32 Å². The molecule has 3 heterocycles. The Balaban J connectivity index is 1.85. The van der Waals surface area contributed by atoms with E-state index in [-0.39, 0.29) is 0 Å². The molecule has 0 saturated carbocycles. The molecule has 0 bridgehead atoms. The van der Waals surface area contributed by atoms with Gasteiger partial charge in [-0.25, -0.2) is 19.9 Å². The van der Waals surface area contributed by atoms with Gasteiger partial charge in [0.25, 0.3) is 0 Å². The highest BCUT2D eigenvalue weighted by molar-refractivity contribution is 7.11. The summed E-state index contributed by atoms with van der Waals surface area (Å²) in [4.78, 5) is 21.1. The van der Waals surface area contributed by atoms with Crippen LogP contribution >= 0.6 is 11.3 Å². The van der Waals surface area contributed by atoms with Crippen LogP contribution < -0.4 is 5.32 Å². The van der Waals surface area contributed by atoms with E-state index in [0.29, 0.717) is 12.2 Å². The van der Waals surface area contributed by atoms with Crippen molar-refractivity contribution in [2.45, 2.75) is 20.4 Å². The Hall–Kier alpha value is -2.02. The lowest BCUT2D eigenvalue weighted by Gasteiger charge is -2.04. The van der Waals surface area contributed by atoms with Crippen molar-refractivity contribution in [2.24, 2.45) is 0 Å². The number of fused-ring (bicyclic) bond motifs is 1. The summed E-state index contributed by atoms with van der Waals surface area (Å²) >= 11 is 1.71. The first-order chi connectivity index (χ1) is 8.74. The lowest BCUT2D eigenvalue weighted by molar-refractivity contribution is 1.02. The molecule has 0 saturated heterocycles. The van der Waals surface area contributed by atoms with Gasteiger partial charge in [0.2, 0.25) is 0 Å². The Labute approximate surface area is 108 Å². The number of imidazole rings is 1. The zero-order valence-electron chi connectivity index (χ0n) is 10.1. The predicted octanol–water partition coefficient (Wildman–Crippen LogP) is 2.04. The number of aromatic amines is 1. The van der Waals surface area contributed by atoms with Gasteiger partial charge in [0.05, 0.1) is 23.6 Å². The second-order valence-electron chi connectivity index (χ2n) is 3.91. The van der Waals surface area contributed by atoms with Crippen LogP contribution in [0.1, 0.15) is 15.6 Å². The highest BCUT2D eigenvalue weighted by Gasteiger charge is 2.08. The standard InChI is InChI=1S/C11H12N6S/c1-6-8(17-7(2)18-6)3-12-10-9-11(14-4-13-9)16-5-15-10/h4-5H,3H2,1-2H3,(H2,12,13,14,15,16).